The Labute approximate surface area is 155 Å². The molecule has 0 aliphatic heterocycles. The van der Waals surface area contributed by atoms with Crippen LogP contribution in [0.2, 0.25) is 0 Å². The normalized spacial score (nSPS) is 16.5. The molecule has 2 amide bonds. The number of hydrogen-bond donors (Lipinski definition) is 2. The number of hydrogen-bond acceptors (Lipinski definition) is 3. The van der Waals surface area contributed by atoms with Gasteiger partial charge < -0.3 is 20.4 Å². The molecule has 142 valence electrons. The monoisotopic (exact) mass is 359 g/mol. The predicted molar refractivity (Wildman–Crippen MR) is 103 cm³/mol. The maximum atomic E-state index is 11.9. The average molecular weight is 359 g/mol. The lowest BCUT2D eigenvalue weighted by Crippen LogP contribution is -2.48. The van der Waals surface area contributed by atoms with Crippen molar-refractivity contribution in [1.29, 1.82) is 0 Å². The molecule has 1 aliphatic rings. The second-order valence-electron chi connectivity index (χ2n) is 6.95. The van der Waals surface area contributed by atoms with Crippen LogP contribution < -0.4 is 10.6 Å². The summed E-state index contributed by atoms with van der Waals surface area (Å²) >= 11 is 0. The van der Waals surface area contributed by atoms with Gasteiger partial charge in [0.05, 0.1) is 6.54 Å². The number of aliphatic imine (C=N–C) groups is 1. The number of rotatable bonds is 5. The summed E-state index contributed by atoms with van der Waals surface area (Å²) in [7, 11) is 6.82. The van der Waals surface area contributed by atoms with Crippen molar-refractivity contribution in [3.8, 4) is 0 Å². The predicted octanol–water partition coefficient (Wildman–Crippen LogP) is 0.256. The first kappa shape index (κ1) is 19.8. The first-order valence-corrected chi connectivity index (χ1v) is 8.88. The molecule has 1 aromatic rings. The van der Waals surface area contributed by atoms with Crippen LogP contribution in [0.5, 0.6) is 0 Å². The highest BCUT2D eigenvalue weighted by Gasteiger charge is 2.19. The van der Waals surface area contributed by atoms with Crippen molar-refractivity contribution in [3.05, 3.63) is 35.4 Å². The Balaban J connectivity index is 2.02. The summed E-state index contributed by atoms with van der Waals surface area (Å²) in [4.78, 5) is 31.1. The number of nitrogens with zero attached hydrogens (tertiary/aromatic N) is 3. The molecule has 1 atom stereocenters. The molecule has 0 radical (unpaired) electrons. The zero-order chi connectivity index (χ0) is 19.1. The zero-order valence-electron chi connectivity index (χ0n) is 16.1. The Hall–Kier alpha value is -2.57. The topological polar surface area (TPSA) is 77.0 Å². The van der Waals surface area contributed by atoms with Crippen molar-refractivity contribution in [1.82, 2.24) is 20.4 Å². The van der Waals surface area contributed by atoms with E-state index in [0.29, 0.717) is 5.96 Å². The lowest BCUT2D eigenvalue weighted by molar-refractivity contribution is -0.127. The summed E-state index contributed by atoms with van der Waals surface area (Å²) in [5, 5.41) is 6.43. The standard InChI is InChI=1S/C19H29N5O2/c1-23(2)17(25)12-20-19(21-13-18(26)24(3)4)22-16-10-9-14-7-5-6-8-15(14)11-16/h5-8,16H,9-13H2,1-4H3,(H2,20,21,22). The zero-order valence-corrected chi connectivity index (χ0v) is 16.1. The lowest BCUT2D eigenvalue weighted by atomic mass is 9.88. The van der Waals surface area contributed by atoms with Crippen molar-refractivity contribution in [2.45, 2.75) is 25.3 Å². The minimum absolute atomic E-state index is 0.0434. The van der Waals surface area contributed by atoms with Crippen LogP contribution in [-0.4, -0.2) is 74.9 Å². The highest BCUT2D eigenvalue weighted by atomic mass is 16.2. The van der Waals surface area contributed by atoms with Gasteiger partial charge in [-0.25, -0.2) is 4.99 Å². The molecule has 7 heteroatoms. The summed E-state index contributed by atoms with van der Waals surface area (Å²) in [6.45, 7) is 0.181. The minimum Gasteiger partial charge on any atom is -0.353 e. The van der Waals surface area contributed by atoms with Gasteiger partial charge in [-0.2, -0.15) is 0 Å². The fourth-order valence-corrected chi connectivity index (χ4v) is 2.77. The summed E-state index contributed by atoms with van der Waals surface area (Å²) in [6, 6.07) is 8.67. The van der Waals surface area contributed by atoms with Gasteiger partial charge in [0.1, 0.15) is 6.54 Å². The summed E-state index contributed by atoms with van der Waals surface area (Å²) in [5.41, 5.74) is 2.73. The summed E-state index contributed by atoms with van der Waals surface area (Å²) in [5.74, 6) is 0.367. The molecule has 1 unspecified atom stereocenters. The van der Waals surface area contributed by atoms with Crippen molar-refractivity contribution >= 4 is 17.8 Å². The van der Waals surface area contributed by atoms with E-state index in [1.54, 1.807) is 28.2 Å². The van der Waals surface area contributed by atoms with Crippen LogP contribution in [-0.2, 0) is 22.4 Å². The quantitative estimate of drug-likeness (QED) is 0.584. The van der Waals surface area contributed by atoms with E-state index in [4.69, 9.17) is 0 Å². The third kappa shape index (κ3) is 5.75. The Morgan fingerprint density at radius 2 is 1.73 bits per heavy atom. The number of fused-ring (bicyclic) bond motifs is 1. The largest absolute Gasteiger partial charge is 0.353 e. The molecule has 0 saturated carbocycles. The molecule has 0 aromatic heterocycles. The first-order chi connectivity index (χ1) is 12.4. The maximum absolute atomic E-state index is 11.9. The highest BCUT2D eigenvalue weighted by Crippen LogP contribution is 2.20. The number of benzene rings is 1. The Morgan fingerprint density at radius 1 is 1.08 bits per heavy atom. The minimum atomic E-state index is -0.0842. The van der Waals surface area contributed by atoms with Gasteiger partial charge in [0.25, 0.3) is 0 Å². The van der Waals surface area contributed by atoms with Gasteiger partial charge in [-0.05, 0) is 30.4 Å². The van der Waals surface area contributed by atoms with E-state index in [0.717, 1.165) is 19.3 Å². The molecule has 0 spiro atoms. The van der Waals surface area contributed by atoms with Crippen LogP contribution in [0.1, 0.15) is 17.5 Å². The maximum Gasteiger partial charge on any atom is 0.243 e. The van der Waals surface area contributed by atoms with Gasteiger partial charge in [-0.15, -0.1) is 0 Å². The molecule has 1 aliphatic carbocycles. The number of likely N-dealkylation sites (N-methyl/N-ethyl adjacent to an activating group) is 2. The Bertz CT molecular complexity index is 670. The van der Waals surface area contributed by atoms with E-state index in [1.165, 1.54) is 20.9 Å². The average Bonchev–Trinajstić information content (AvgIpc) is 2.62. The first-order valence-electron chi connectivity index (χ1n) is 8.88. The molecule has 1 aromatic carbocycles. The van der Waals surface area contributed by atoms with Crippen LogP contribution in [0.3, 0.4) is 0 Å². The van der Waals surface area contributed by atoms with E-state index in [1.807, 2.05) is 0 Å². The van der Waals surface area contributed by atoms with Gasteiger partial charge in [-0.3, -0.25) is 9.59 Å². The van der Waals surface area contributed by atoms with Gasteiger partial charge in [0.15, 0.2) is 5.96 Å². The molecular weight excluding hydrogens is 330 g/mol. The number of nitrogens with one attached hydrogen (secondary N) is 2. The van der Waals surface area contributed by atoms with E-state index < -0.39 is 0 Å². The second kappa shape index (κ2) is 9.22. The summed E-state index contributed by atoms with van der Waals surface area (Å²) in [6.07, 6.45) is 2.90. The van der Waals surface area contributed by atoms with Gasteiger partial charge in [-0.1, -0.05) is 24.3 Å². The van der Waals surface area contributed by atoms with Gasteiger partial charge >= 0.3 is 0 Å². The van der Waals surface area contributed by atoms with Crippen LogP contribution >= 0.6 is 0 Å². The molecule has 2 N–H and O–H groups in total. The summed E-state index contributed by atoms with van der Waals surface area (Å²) < 4.78 is 0. The molecule has 7 nitrogen and oxygen atoms in total. The van der Waals surface area contributed by atoms with Crippen LogP contribution in [0.15, 0.2) is 29.3 Å². The number of guanidine groups is 1. The molecule has 0 fully saturated rings. The lowest BCUT2D eigenvalue weighted by Gasteiger charge is -2.27. The highest BCUT2D eigenvalue weighted by molar-refractivity contribution is 5.88. The van der Waals surface area contributed by atoms with Crippen molar-refractivity contribution in [3.63, 3.8) is 0 Å². The third-order valence-corrected chi connectivity index (χ3v) is 4.46. The van der Waals surface area contributed by atoms with Crippen molar-refractivity contribution < 1.29 is 9.59 Å². The number of aryl methyl sites for hydroxylation is 1. The van der Waals surface area contributed by atoms with Crippen LogP contribution in [0.25, 0.3) is 0 Å². The number of carbonyl (C=O) groups is 2. The van der Waals surface area contributed by atoms with Gasteiger partial charge in [0, 0.05) is 34.2 Å². The smallest absolute Gasteiger partial charge is 0.243 e. The molecule has 0 bridgehead atoms. The van der Waals surface area contributed by atoms with E-state index in [-0.39, 0.29) is 30.9 Å². The Morgan fingerprint density at radius 3 is 2.38 bits per heavy atom. The van der Waals surface area contributed by atoms with E-state index in [9.17, 15) is 9.59 Å². The second-order valence-corrected chi connectivity index (χ2v) is 6.95. The van der Waals surface area contributed by atoms with Crippen LogP contribution in [0, 0.1) is 0 Å². The van der Waals surface area contributed by atoms with E-state index >= 15 is 0 Å². The Kier molecular flexibility index (Phi) is 7.00. The van der Waals surface area contributed by atoms with Gasteiger partial charge in [0.2, 0.25) is 11.8 Å². The van der Waals surface area contributed by atoms with Crippen LogP contribution in [0.4, 0.5) is 0 Å². The third-order valence-electron chi connectivity index (χ3n) is 4.46. The van der Waals surface area contributed by atoms with Crippen molar-refractivity contribution in [2.24, 2.45) is 4.99 Å². The molecule has 26 heavy (non-hydrogen) atoms. The molecular formula is C19H29N5O2. The van der Waals surface area contributed by atoms with Crippen molar-refractivity contribution in [2.75, 3.05) is 41.3 Å². The van der Waals surface area contributed by atoms with E-state index in [2.05, 4.69) is 39.9 Å². The molecule has 0 saturated heterocycles. The fourth-order valence-electron chi connectivity index (χ4n) is 2.77. The number of carbonyl (C=O) groups excluding carboxylic acids is 2. The fraction of sp³-hybridized carbons (Fsp3) is 0.526. The molecule has 2 rings (SSSR count). The SMILES string of the molecule is CN(C)C(=O)CN=C(NCC(=O)N(C)C)NC1CCc2ccccc2C1. The number of amides is 2. The molecule has 0 heterocycles.